The van der Waals surface area contributed by atoms with E-state index in [0.29, 0.717) is 31.2 Å². The molecule has 4 nitrogen and oxygen atoms in total. The number of benzene rings is 2. The molecule has 2 N–H and O–H groups in total. The molecule has 128 valence electrons. The Morgan fingerprint density at radius 2 is 1.58 bits per heavy atom. The number of halogens is 1. The van der Waals surface area contributed by atoms with Gasteiger partial charge in [-0.2, -0.15) is 0 Å². The van der Waals surface area contributed by atoms with Crippen molar-refractivity contribution in [3.63, 3.8) is 0 Å². The lowest BCUT2D eigenvalue weighted by atomic mass is 10.1. The zero-order valence-electron chi connectivity index (χ0n) is 14.4. The molecular formula is C19H24FN3O. The van der Waals surface area contributed by atoms with Gasteiger partial charge in [-0.3, -0.25) is 4.99 Å². The zero-order valence-corrected chi connectivity index (χ0v) is 14.4. The lowest BCUT2D eigenvalue weighted by Crippen LogP contribution is -2.36. The van der Waals surface area contributed by atoms with E-state index in [0.717, 1.165) is 16.7 Å². The van der Waals surface area contributed by atoms with E-state index in [9.17, 15) is 4.39 Å². The fraction of sp³-hybridized carbons (Fsp3) is 0.316. The van der Waals surface area contributed by atoms with Crippen LogP contribution in [-0.4, -0.2) is 20.1 Å². The summed E-state index contributed by atoms with van der Waals surface area (Å²) in [5.41, 5.74) is 3.97. The van der Waals surface area contributed by atoms with Crippen LogP contribution < -0.4 is 10.6 Å². The standard InChI is InChI=1S/C19H24FN3O/c1-14-10-17(8-9-18(14)20)12-23-19(21-2)22-11-15-4-6-16(7-5-15)13-24-3/h4-10H,11-13H2,1-3H3,(H2,21,22,23). The maximum Gasteiger partial charge on any atom is 0.191 e. The number of hydrogen-bond donors (Lipinski definition) is 2. The van der Waals surface area contributed by atoms with Gasteiger partial charge < -0.3 is 15.4 Å². The Bertz CT molecular complexity index is 684. The third kappa shape index (κ3) is 5.35. The van der Waals surface area contributed by atoms with Crippen LogP contribution in [0.2, 0.25) is 0 Å². The molecule has 5 heteroatoms. The second-order valence-electron chi connectivity index (χ2n) is 5.61. The Balaban J connectivity index is 1.84. The van der Waals surface area contributed by atoms with Crippen molar-refractivity contribution in [3.8, 4) is 0 Å². The monoisotopic (exact) mass is 329 g/mol. The largest absolute Gasteiger partial charge is 0.380 e. The summed E-state index contributed by atoms with van der Waals surface area (Å²) in [6.45, 7) is 3.65. The first-order chi connectivity index (χ1) is 11.6. The topological polar surface area (TPSA) is 45.7 Å². The summed E-state index contributed by atoms with van der Waals surface area (Å²) < 4.78 is 18.4. The average Bonchev–Trinajstić information content (AvgIpc) is 2.59. The smallest absolute Gasteiger partial charge is 0.191 e. The normalized spacial score (nSPS) is 11.4. The Morgan fingerprint density at radius 3 is 2.17 bits per heavy atom. The maximum atomic E-state index is 13.3. The summed E-state index contributed by atoms with van der Waals surface area (Å²) in [6.07, 6.45) is 0. The summed E-state index contributed by atoms with van der Waals surface area (Å²) in [5, 5.41) is 6.50. The van der Waals surface area contributed by atoms with Crippen molar-refractivity contribution in [1.29, 1.82) is 0 Å². The molecule has 0 aromatic heterocycles. The van der Waals surface area contributed by atoms with Gasteiger partial charge in [-0.1, -0.05) is 36.4 Å². The summed E-state index contributed by atoms with van der Waals surface area (Å²) >= 11 is 0. The van der Waals surface area contributed by atoms with Gasteiger partial charge >= 0.3 is 0 Å². The number of nitrogens with one attached hydrogen (secondary N) is 2. The zero-order chi connectivity index (χ0) is 17.4. The van der Waals surface area contributed by atoms with Crippen LogP contribution in [0, 0.1) is 12.7 Å². The van der Waals surface area contributed by atoms with Crippen LogP contribution in [0.4, 0.5) is 4.39 Å². The number of guanidine groups is 1. The van der Waals surface area contributed by atoms with Gasteiger partial charge in [0, 0.05) is 27.2 Å². The van der Waals surface area contributed by atoms with Crippen LogP contribution in [0.5, 0.6) is 0 Å². The fourth-order valence-corrected chi connectivity index (χ4v) is 2.33. The summed E-state index contributed by atoms with van der Waals surface area (Å²) in [6, 6.07) is 13.3. The summed E-state index contributed by atoms with van der Waals surface area (Å²) in [7, 11) is 3.42. The van der Waals surface area contributed by atoms with Crippen molar-refractivity contribution >= 4 is 5.96 Å². The van der Waals surface area contributed by atoms with Crippen molar-refractivity contribution in [2.45, 2.75) is 26.6 Å². The Hall–Kier alpha value is -2.40. The predicted molar refractivity (Wildman–Crippen MR) is 95.3 cm³/mol. The van der Waals surface area contributed by atoms with E-state index in [1.165, 1.54) is 6.07 Å². The van der Waals surface area contributed by atoms with E-state index in [1.807, 2.05) is 6.07 Å². The highest BCUT2D eigenvalue weighted by Crippen LogP contribution is 2.09. The Morgan fingerprint density at radius 1 is 1.00 bits per heavy atom. The quantitative estimate of drug-likeness (QED) is 0.632. The van der Waals surface area contributed by atoms with Crippen molar-refractivity contribution in [2.24, 2.45) is 4.99 Å². The van der Waals surface area contributed by atoms with Crippen LogP contribution in [0.25, 0.3) is 0 Å². The number of aliphatic imine (C=N–C) groups is 1. The highest BCUT2D eigenvalue weighted by Gasteiger charge is 2.02. The lowest BCUT2D eigenvalue weighted by molar-refractivity contribution is 0.185. The van der Waals surface area contributed by atoms with E-state index >= 15 is 0 Å². The van der Waals surface area contributed by atoms with Crippen LogP contribution in [0.15, 0.2) is 47.5 Å². The van der Waals surface area contributed by atoms with Crippen LogP contribution in [0.1, 0.15) is 22.3 Å². The SMILES string of the molecule is CN=C(NCc1ccc(COC)cc1)NCc1ccc(F)c(C)c1. The van der Waals surface area contributed by atoms with Crippen LogP contribution in [-0.2, 0) is 24.4 Å². The van der Waals surface area contributed by atoms with E-state index < -0.39 is 0 Å². The average molecular weight is 329 g/mol. The molecule has 0 atom stereocenters. The minimum Gasteiger partial charge on any atom is -0.380 e. The number of hydrogen-bond acceptors (Lipinski definition) is 2. The molecule has 2 aromatic rings. The minimum atomic E-state index is -0.182. The van der Waals surface area contributed by atoms with Gasteiger partial charge in [0.2, 0.25) is 0 Å². The van der Waals surface area contributed by atoms with Crippen molar-refractivity contribution in [2.75, 3.05) is 14.2 Å². The third-order valence-corrected chi connectivity index (χ3v) is 3.70. The molecule has 0 fully saturated rings. The molecule has 2 aromatic carbocycles. The fourth-order valence-electron chi connectivity index (χ4n) is 2.33. The molecule has 0 heterocycles. The second-order valence-corrected chi connectivity index (χ2v) is 5.61. The summed E-state index contributed by atoms with van der Waals surface area (Å²) in [4.78, 5) is 4.21. The van der Waals surface area contributed by atoms with E-state index in [-0.39, 0.29) is 5.82 Å². The number of methoxy groups -OCH3 is 1. The molecule has 0 aliphatic heterocycles. The van der Waals surface area contributed by atoms with Crippen LogP contribution in [0.3, 0.4) is 0 Å². The number of ether oxygens (including phenoxy) is 1. The molecule has 2 rings (SSSR count). The van der Waals surface area contributed by atoms with E-state index in [1.54, 1.807) is 27.1 Å². The molecule has 0 bridgehead atoms. The molecule has 0 unspecified atom stereocenters. The Kier molecular flexibility index (Phi) is 6.75. The van der Waals surface area contributed by atoms with Crippen LogP contribution >= 0.6 is 0 Å². The minimum absolute atomic E-state index is 0.182. The Labute approximate surface area is 142 Å². The van der Waals surface area contributed by atoms with Gasteiger partial charge in [0.05, 0.1) is 6.61 Å². The number of nitrogens with zero attached hydrogens (tertiary/aromatic N) is 1. The first-order valence-electron chi connectivity index (χ1n) is 7.88. The molecule has 24 heavy (non-hydrogen) atoms. The number of rotatable bonds is 6. The molecule has 0 amide bonds. The number of aryl methyl sites for hydroxylation is 1. The molecule has 0 spiro atoms. The van der Waals surface area contributed by atoms with E-state index in [2.05, 4.69) is 39.9 Å². The summed E-state index contributed by atoms with van der Waals surface area (Å²) in [5.74, 6) is 0.524. The molecule has 0 aliphatic rings. The van der Waals surface area contributed by atoms with Gasteiger partial charge in [0.25, 0.3) is 0 Å². The highest BCUT2D eigenvalue weighted by molar-refractivity contribution is 5.79. The van der Waals surface area contributed by atoms with Gasteiger partial charge in [-0.05, 0) is 35.2 Å². The van der Waals surface area contributed by atoms with Crippen molar-refractivity contribution in [3.05, 3.63) is 70.5 Å². The first-order valence-corrected chi connectivity index (χ1v) is 7.88. The highest BCUT2D eigenvalue weighted by atomic mass is 19.1. The first kappa shape index (κ1) is 17.9. The molecule has 0 saturated heterocycles. The molecular weight excluding hydrogens is 305 g/mol. The van der Waals surface area contributed by atoms with Gasteiger partial charge in [0.15, 0.2) is 5.96 Å². The molecule has 0 aliphatic carbocycles. The molecule has 0 saturated carbocycles. The maximum absolute atomic E-state index is 13.3. The third-order valence-electron chi connectivity index (χ3n) is 3.70. The van der Waals surface area contributed by atoms with Gasteiger partial charge in [-0.25, -0.2) is 4.39 Å². The van der Waals surface area contributed by atoms with E-state index in [4.69, 9.17) is 4.74 Å². The second kappa shape index (κ2) is 9.03. The molecule has 0 radical (unpaired) electrons. The van der Waals surface area contributed by atoms with Crippen molar-refractivity contribution < 1.29 is 9.13 Å². The van der Waals surface area contributed by atoms with Crippen molar-refractivity contribution in [1.82, 2.24) is 10.6 Å². The predicted octanol–water partition coefficient (Wildman–Crippen LogP) is 3.15. The lowest BCUT2D eigenvalue weighted by Gasteiger charge is -2.13. The van der Waals surface area contributed by atoms with Gasteiger partial charge in [0.1, 0.15) is 5.82 Å². The van der Waals surface area contributed by atoms with Gasteiger partial charge in [-0.15, -0.1) is 0 Å².